The first kappa shape index (κ1) is 11.5. The zero-order chi connectivity index (χ0) is 9.89. The smallest absolute Gasteiger partial charge is 0.0169 e. The Morgan fingerprint density at radius 2 is 1.33 bits per heavy atom. The Kier molecular flexibility index (Phi) is 4.30. The Morgan fingerprint density at radius 1 is 0.917 bits per heavy atom. The molecule has 0 saturated carbocycles. The van der Waals surface area contributed by atoms with Crippen molar-refractivity contribution >= 4 is 0 Å². The van der Waals surface area contributed by atoms with E-state index in [1.165, 1.54) is 16.7 Å². The highest BCUT2D eigenvalue weighted by Crippen LogP contribution is 2.26. The molecule has 0 aromatic heterocycles. The van der Waals surface area contributed by atoms with Gasteiger partial charge < -0.3 is 0 Å². The standard InChI is InChI=1S/C12H22/c1-8(2)10(5)12(7)11(6)9(3)4/h10,12H,1H2,2-7H3. The van der Waals surface area contributed by atoms with Crippen LogP contribution in [0.4, 0.5) is 0 Å². The Labute approximate surface area is 77.4 Å². The van der Waals surface area contributed by atoms with E-state index in [0.717, 1.165) is 0 Å². The van der Waals surface area contributed by atoms with Crippen molar-refractivity contribution in [1.29, 1.82) is 0 Å². The van der Waals surface area contributed by atoms with Crippen molar-refractivity contribution in [3.8, 4) is 0 Å². The zero-order valence-electron chi connectivity index (χ0n) is 9.36. The van der Waals surface area contributed by atoms with Crippen LogP contribution in [0.15, 0.2) is 23.3 Å². The summed E-state index contributed by atoms with van der Waals surface area (Å²) in [5, 5.41) is 0. The molecule has 0 aromatic carbocycles. The van der Waals surface area contributed by atoms with Gasteiger partial charge in [-0.2, -0.15) is 0 Å². The van der Waals surface area contributed by atoms with E-state index in [-0.39, 0.29) is 0 Å². The summed E-state index contributed by atoms with van der Waals surface area (Å²) in [7, 11) is 0. The predicted molar refractivity (Wildman–Crippen MR) is 57.2 cm³/mol. The van der Waals surface area contributed by atoms with E-state index < -0.39 is 0 Å². The minimum atomic E-state index is 0.597. The molecule has 12 heavy (non-hydrogen) atoms. The van der Waals surface area contributed by atoms with Crippen LogP contribution in [0.5, 0.6) is 0 Å². The predicted octanol–water partition coefficient (Wildman–Crippen LogP) is 4.19. The van der Waals surface area contributed by atoms with Gasteiger partial charge in [-0.3, -0.25) is 0 Å². The second-order valence-corrected chi connectivity index (χ2v) is 4.11. The van der Waals surface area contributed by atoms with Gasteiger partial charge in [0, 0.05) is 0 Å². The van der Waals surface area contributed by atoms with Crippen molar-refractivity contribution in [3.63, 3.8) is 0 Å². The van der Waals surface area contributed by atoms with Crippen molar-refractivity contribution in [2.75, 3.05) is 0 Å². The molecule has 0 N–H and O–H groups in total. The third-order valence-electron chi connectivity index (χ3n) is 3.00. The molecule has 0 fully saturated rings. The molecule has 0 spiro atoms. The van der Waals surface area contributed by atoms with Gasteiger partial charge in [0.2, 0.25) is 0 Å². The average Bonchev–Trinajstić information content (AvgIpc) is 2.00. The van der Waals surface area contributed by atoms with Crippen molar-refractivity contribution < 1.29 is 0 Å². The maximum Gasteiger partial charge on any atom is -0.0169 e. The van der Waals surface area contributed by atoms with Crippen LogP contribution >= 0.6 is 0 Å². The SMILES string of the molecule is C=C(C)C(C)C(C)C(C)=C(C)C. The molecule has 2 unspecified atom stereocenters. The van der Waals surface area contributed by atoms with Gasteiger partial charge in [0.15, 0.2) is 0 Å². The molecule has 70 valence electrons. The summed E-state index contributed by atoms with van der Waals surface area (Å²) in [5.41, 5.74) is 4.23. The van der Waals surface area contributed by atoms with Crippen LogP contribution in [-0.4, -0.2) is 0 Å². The monoisotopic (exact) mass is 166 g/mol. The Hall–Kier alpha value is -0.520. The van der Waals surface area contributed by atoms with Crippen molar-refractivity contribution in [2.24, 2.45) is 11.8 Å². The van der Waals surface area contributed by atoms with Gasteiger partial charge in [0.05, 0.1) is 0 Å². The number of allylic oxidation sites excluding steroid dienone is 3. The molecule has 0 bridgehead atoms. The summed E-state index contributed by atoms with van der Waals surface area (Å²) in [6.07, 6.45) is 0. The third kappa shape index (κ3) is 2.84. The summed E-state index contributed by atoms with van der Waals surface area (Å²) >= 11 is 0. The molecule has 0 rings (SSSR count). The highest BCUT2D eigenvalue weighted by atomic mass is 14.2. The van der Waals surface area contributed by atoms with Crippen LogP contribution < -0.4 is 0 Å². The molecule has 0 aromatic rings. The fourth-order valence-corrected chi connectivity index (χ4v) is 1.26. The van der Waals surface area contributed by atoms with Crippen LogP contribution in [0, 0.1) is 11.8 Å². The number of hydrogen-bond acceptors (Lipinski definition) is 0. The van der Waals surface area contributed by atoms with Gasteiger partial charge in [-0.05, 0) is 39.5 Å². The molecule has 0 nitrogen and oxygen atoms in total. The van der Waals surface area contributed by atoms with E-state index >= 15 is 0 Å². The quantitative estimate of drug-likeness (QED) is 0.551. The molecule has 0 radical (unpaired) electrons. The van der Waals surface area contributed by atoms with E-state index in [4.69, 9.17) is 0 Å². The van der Waals surface area contributed by atoms with Crippen molar-refractivity contribution in [2.45, 2.75) is 41.5 Å². The van der Waals surface area contributed by atoms with E-state index in [2.05, 4.69) is 48.1 Å². The van der Waals surface area contributed by atoms with Crippen molar-refractivity contribution in [3.05, 3.63) is 23.3 Å². The second-order valence-electron chi connectivity index (χ2n) is 4.11. The van der Waals surface area contributed by atoms with Gasteiger partial charge in [0.1, 0.15) is 0 Å². The maximum absolute atomic E-state index is 4.00. The first-order valence-electron chi connectivity index (χ1n) is 4.67. The minimum absolute atomic E-state index is 0.597. The first-order chi connectivity index (χ1) is 5.37. The van der Waals surface area contributed by atoms with Crippen molar-refractivity contribution in [1.82, 2.24) is 0 Å². The van der Waals surface area contributed by atoms with E-state index in [1.54, 1.807) is 0 Å². The average molecular weight is 166 g/mol. The Bertz CT molecular complexity index is 192. The Morgan fingerprint density at radius 3 is 1.58 bits per heavy atom. The lowest BCUT2D eigenvalue weighted by Crippen LogP contribution is -2.10. The summed E-state index contributed by atoms with van der Waals surface area (Å²) in [6, 6.07) is 0. The molecule has 0 amide bonds. The van der Waals surface area contributed by atoms with Gasteiger partial charge in [-0.1, -0.05) is 37.1 Å². The first-order valence-corrected chi connectivity index (χ1v) is 4.67. The molecule has 0 heteroatoms. The third-order valence-corrected chi connectivity index (χ3v) is 3.00. The highest BCUT2D eigenvalue weighted by molar-refractivity contribution is 5.14. The van der Waals surface area contributed by atoms with E-state index in [9.17, 15) is 0 Å². The summed E-state index contributed by atoms with van der Waals surface area (Å²) in [6.45, 7) is 17.2. The number of hydrogen-bond donors (Lipinski definition) is 0. The summed E-state index contributed by atoms with van der Waals surface area (Å²) in [5.74, 6) is 1.23. The highest BCUT2D eigenvalue weighted by Gasteiger charge is 2.14. The Balaban J connectivity index is 4.50. The lowest BCUT2D eigenvalue weighted by Gasteiger charge is -2.22. The summed E-state index contributed by atoms with van der Waals surface area (Å²) in [4.78, 5) is 0. The van der Waals surface area contributed by atoms with E-state index in [0.29, 0.717) is 11.8 Å². The molecule has 2 atom stereocenters. The molecule has 0 aliphatic carbocycles. The van der Waals surface area contributed by atoms with Crippen LogP contribution in [0.1, 0.15) is 41.5 Å². The van der Waals surface area contributed by atoms with Crippen LogP contribution in [0.25, 0.3) is 0 Å². The fourth-order valence-electron chi connectivity index (χ4n) is 1.26. The van der Waals surface area contributed by atoms with E-state index in [1.807, 2.05) is 0 Å². The van der Waals surface area contributed by atoms with Gasteiger partial charge in [0.25, 0.3) is 0 Å². The van der Waals surface area contributed by atoms with Gasteiger partial charge in [-0.15, -0.1) is 0 Å². The topological polar surface area (TPSA) is 0 Å². The fraction of sp³-hybridized carbons (Fsp3) is 0.667. The molecule has 0 saturated heterocycles. The summed E-state index contributed by atoms with van der Waals surface area (Å²) < 4.78 is 0. The second kappa shape index (κ2) is 4.49. The maximum atomic E-state index is 4.00. The zero-order valence-corrected chi connectivity index (χ0v) is 9.36. The minimum Gasteiger partial charge on any atom is -0.0998 e. The van der Waals surface area contributed by atoms with Gasteiger partial charge in [-0.25, -0.2) is 0 Å². The molecule has 0 aliphatic rings. The lowest BCUT2D eigenvalue weighted by molar-refractivity contribution is 0.501. The van der Waals surface area contributed by atoms with Gasteiger partial charge >= 0.3 is 0 Å². The normalized spacial score (nSPS) is 15.2. The lowest BCUT2D eigenvalue weighted by atomic mass is 9.84. The molecule has 0 heterocycles. The van der Waals surface area contributed by atoms with Crippen LogP contribution in [0.3, 0.4) is 0 Å². The number of rotatable bonds is 3. The van der Waals surface area contributed by atoms with Crippen LogP contribution in [0.2, 0.25) is 0 Å². The largest absolute Gasteiger partial charge is 0.0998 e. The molecule has 0 aliphatic heterocycles. The molecular formula is C12H22. The van der Waals surface area contributed by atoms with Crippen LogP contribution in [-0.2, 0) is 0 Å². The molecular weight excluding hydrogens is 144 g/mol.